The Kier molecular flexibility index (Phi) is 3.57. The maximum atomic E-state index is 12.7. The second-order valence-electron chi connectivity index (χ2n) is 5.32. The van der Waals surface area contributed by atoms with Crippen molar-refractivity contribution in [2.75, 3.05) is 6.54 Å². The van der Waals surface area contributed by atoms with Gasteiger partial charge in [-0.15, -0.1) is 11.3 Å². The number of aryl methyl sites for hydroxylation is 1. The Morgan fingerprint density at radius 1 is 1.50 bits per heavy atom. The predicted octanol–water partition coefficient (Wildman–Crippen LogP) is 2.11. The van der Waals surface area contributed by atoms with Crippen LogP contribution in [-0.2, 0) is 16.6 Å². The summed E-state index contributed by atoms with van der Waals surface area (Å²) in [6.45, 7) is 6.04. The number of thiophene rings is 1. The minimum atomic E-state index is -3.49. The average molecular weight is 289 g/mol. The molecular formula is C12H19NO3S2. The summed E-state index contributed by atoms with van der Waals surface area (Å²) in [4.78, 5) is 0.847. The molecule has 0 amide bonds. The second kappa shape index (κ2) is 4.59. The first-order chi connectivity index (χ1) is 8.30. The van der Waals surface area contributed by atoms with Gasteiger partial charge in [0.1, 0.15) is 4.90 Å². The maximum absolute atomic E-state index is 12.7. The van der Waals surface area contributed by atoms with Gasteiger partial charge < -0.3 is 5.11 Å². The van der Waals surface area contributed by atoms with E-state index in [9.17, 15) is 13.5 Å². The molecule has 0 spiro atoms. The molecule has 4 nitrogen and oxygen atoms in total. The van der Waals surface area contributed by atoms with Gasteiger partial charge in [0.2, 0.25) is 10.0 Å². The Morgan fingerprint density at radius 3 is 2.67 bits per heavy atom. The lowest BCUT2D eigenvalue weighted by molar-refractivity contribution is 0.277. The molecule has 0 unspecified atom stereocenters. The van der Waals surface area contributed by atoms with E-state index >= 15 is 0 Å². The van der Waals surface area contributed by atoms with Crippen LogP contribution in [0.2, 0.25) is 0 Å². The summed E-state index contributed by atoms with van der Waals surface area (Å²) in [5.74, 6) is 0. The van der Waals surface area contributed by atoms with Crippen molar-refractivity contribution in [1.82, 2.24) is 4.31 Å². The van der Waals surface area contributed by atoms with Gasteiger partial charge in [0, 0.05) is 12.1 Å². The van der Waals surface area contributed by atoms with E-state index in [1.165, 1.54) is 11.3 Å². The summed E-state index contributed by atoms with van der Waals surface area (Å²) in [5.41, 5.74) is 0.395. The zero-order valence-corrected chi connectivity index (χ0v) is 12.6. The fraction of sp³-hybridized carbons (Fsp3) is 0.667. The smallest absolute Gasteiger partial charge is 0.245 e. The summed E-state index contributed by atoms with van der Waals surface area (Å²) < 4.78 is 27.0. The number of aliphatic hydroxyl groups excluding tert-OH is 1. The van der Waals surface area contributed by atoms with Crippen molar-refractivity contribution < 1.29 is 13.5 Å². The van der Waals surface area contributed by atoms with Gasteiger partial charge in [-0.1, -0.05) is 0 Å². The van der Waals surface area contributed by atoms with Crippen molar-refractivity contribution in [2.45, 2.75) is 50.7 Å². The minimum absolute atomic E-state index is 0.221. The molecule has 1 fully saturated rings. The van der Waals surface area contributed by atoms with Crippen LogP contribution in [-0.4, -0.2) is 29.9 Å². The molecular weight excluding hydrogens is 270 g/mol. The SMILES string of the molecule is Cc1csc(CO)c1S(=O)(=O)N1CCCC1(C)C. The van der Waals surface area contributed by atoms with E-state index in [2.05, 4.69) is 0 Å². The van der Waals surface area contributed by atoms with Crippen molar-refractivity contribution in [3.63, 3.8) is 0 Å². The van der Waals surface area contributed by atoms with Gasteiger partial charge in [-0.2, -0.15) is 4.31 Å². The topological polar surface area (TPSA) is 57.6 Å². The van der Waals surface area contributed by atoms with Crippen LogP contribution in [0, 0.1) is 6.92 Å². The monoisotopic (exact) mass is 289 g/mol. The van der Waals surface area contributed by atoms with Gasteiger partial charge in [-0.05, 0) is 44.6 Å². The van der Waals surface area contributed by atoms with E-state index in [1.807, 2.05) is 13.8 Å². The molecule has 1 aromatic heterocycles. The molecule has 0 atom stereocenters. The molecule has 2 rings (SSSR count). The zero-order chi connectivity index (χ0) is 13.6. The lowest BCUT2D eigenvalue weighted by Gasteiger charge is -2.30. The Labute approximate surface area is 112 Å². The number of nitrogens with zero attached hydrogens (tertiary/aromatic N) is 1. The summed E-state index contributed by atoms with van der Waals surface area (Å²) >= 11 is 1.31. The first-order valence-electron chi connectivity index (χ1n) is 6.01. The summed E-state index contributed by atoms with van der Waals surface area (Å²) in [6, 6.07) is 0. The molecule has 1 aliphatic heterocycles. The maximum Gasteiger partial charge on any atom is 0.245 e. The minimum Gasteiger partial charge on any atom is -0.391 e. The standard InChI is InChI=1S/C12H19NO3S2/c1-9-8-17-10(7-14)11(9)18(15,16)13-6-4-5-12(13,2)3/h8,14H,4-7H2,1-3H3. The Balaban J connectivity index is 2.52. The molecule has 1 N–H and O–H groups in total. The highest BCUT2D eigenvalue weighted by atomic mass is 32.2. The molecule has 0 aromatic carbocycles. The first kappa shape index (κ1) is 14.0. The van der Waals surface area contributed by atoms with Crippen LogP contribution < -0.4 is 0 Å². The van der Waals surface area contributed by atoms with Crippen molar-refractivity contribution in [2.24, 2.45) is 0 Å². The normalized spacial score (nSPS) is 20.4. The molecule has 1 saturated heterocycles. The number of hydrogen-bond acceptors (Lipinski definition) is 4. The average Bonchev–Trinajstić information content (AvgIpc) is 2.81. The number of hydrogen-bond donors (Lipinski definition) is 1. The van der Waals surface area contributed by atoms with E-state index in [1.54, 1.807) is 16.6 Å². The van der Waals surface area contributed by atoms with E-state index in [0.29, 0.717) is 16.3 Å². The molecule has 6 heteroatoms. The zero-order valence-electron chi connectivity index (χ0n) is 10.9. The third-order valence-corrected chi connectivity index (χ3v) is 7.07. The van der Waals surface area contributed by atoms with E-state index in [4.69, 9.17) is 0 Å². The van der Waals surface area contributed by atoms with Crippen LogP contribution in [0.3, 0.4) is 0 Å². The summed E-state index contributed by atoms with van der Waals surface area (Å²) in [7, 11) is -3.49. The van der Waals surface area contributed by atoms with Gasteiger partial charge >= 0.3 is 0 Å². The number of rotatable bonds is 3. The quantitative estimate of drug-likeness (QED) is 0.927. The lowest BCUT2D eigenvalue weighted by atomic mass is 10.0. The third kappa shape index (κ3) is 2.11. The molecule has 1 aromatic rings. The fourth-order valence-corrected chi connectivity index (χ4v) is 6.05. The highest BCUT2D eigenvalue weighted by Gasteiger charge is 2.42. The fourth-order valence-electron chi connectivity index (χ4n) is 2.58. The lowest BCUT2D eigenvalue weighted by Crippen LogP contribution is -2.42. The molecule has 0 saturated carbocycles. The van der Waals surface area contributed by atoms with Crippen molar-refractivity contribution in [3.05, 3.63) is 15.8 Å². The first-order valence-corrected chi connectivity index (χ1v) is 8.33. The number of aliphatic hydroxyl groups is 1. The largest absolute Gasteiger partial charge is 0.391 e. The van der Waals surface area contributed by atoms with Gasteiger partial charge in [0.15, 0.2) is 0 Å². The highest BCUT2D eigenvalue weighted by Crippen LogP contribution is 2.37. The molecule has 0 bridgehead atoms. The van der Waals surface area contributed by atoms with Crippen molar-refractivity contribution >= 4 is 21.4 Å². The van der Waals surface area contributed by atoms with Gasteiger partial charge in [-0.3, -0.25) is 0 Å². The molecule has 2 heterocycles. The van der Waals surface area contributed by atoms with Crippen molar-refractivity contribution in [1.29, 1.82) is 0 Å². The Hall–Kier alpha value is -0.430. The Morgan fingerprint density at radius 2 is 2.17 bits per heavy atom. The van der Waals surface area contributed by atoms with Gasteiger partial charge in [-0.25, -0.2) is 8.42 Å². The molecule has 1 aliphatic rings. The van der Waals surface area contributed by atoms with Crippen LogP contribution in [0.4, 0.5) is 0 Å². The summed E-state index contributed by atoms with van der Waals surface area (Å²) in [6.07, 6.45) is 1.77. The van der Waals surface area contributed by atoms with Gasteiger partial charge in [0.25, 0.3) is 0 Å². The van der Waals surface area contributed by atoms with E-state index in [-0.39, 0.29) is 12.1 Å². The molecule has 0 radical (unpaired) electrons. The molecule has 18 heavy (non-hydrogen) atoms. The summed E-state index contributed by atoms with van der Waals surface area (Å²) in [5, 5.41) is 11.1. The molecule has 102 valence electrons. The number of sulfonamides is 1. The van der Waals surface area contributed by atoms with Crippen molar-refractivity contribution in [3.8, 4) is 0 Å². The van der Waals surface area contributed by atoms with Crippen LogP contribution in [0.1, 0.15) is 37.1 Å². The Bertz CT molecular complexity index is 546. The van der Waals surface area contributed by atoms with Crippen LogP contribution in [0.15, 0.2) is 10.3 Å². The van der Waals surface area contributed by atoms with Gasteiger partial charge in [0.05, 0.1) is 11.5 Å². The molecule has 0 aliphatic carbocycles. The van der Waals surface area contributed by atoms with E-state index in [0.717, 1.165) is 18.4 Å². The van der Waals surface area contributed by atoms with Crippen LogP contribution in [0.5, 0.6) is 0 Å². The second-order valence-corrected chi connectivity index (χ2v) is 8.09. The predicted molar refractivity (Wildman–Crippen MR) is 72.2 cm³/mol. The third-order valence-electron chi connectivity index (χ3n) is 3.51. The highest BCUT2D eigenvalue weighted by molar-refractivity contribution is 7.89. The van der Waals surface area contributed by atoms with E-state index < -0.39 is 10.0 Å². The van der Waals surface area contributed by atoms with Crippen LogP contribution >= 0.6 is 11.3 Å². The van der Waals surface area contributed by atoms with Crippen LogP contribution in [0.25, 0.3) is 0 Å².